The molecule has 23 heavy (non-hydrogen) atoms. The van der Waals surface area contributed by atoms with Gasteiger partial charge in [0.05, 0.1) is 0 Å². The minimum absolute atomic E-state index is 0.482. The Morgan fingerprint density at radius 3 is 3.09 bits per heavy atom. The minimum Gasteiger partial charge on any atom is -0.457 e. The SMILES string of the molecule is c1cc2cc(c1)Nc1nccc(n1)-c1ccc(o1)COCCC2. The van der Waals surface area contributed by atoms with E-state index in [1.54, 1.807) is 6.20 Å². The largest absolute Gasteiger partial charge is 0.457 e. The molecule has 4 rings (SSSR count). The quantitative estimate of drug-likeness (QED) is 0.681. The average molecular weight is 307 g/mol. The van der Waals surface area contributed by atoms with E-state index in [9.17, 15) is 0 Å². The molecule has 1 aliphatic heterocycles. The number of rotatable bonds is 0. The van der Waals surface area contributed by atoms with Gasteiger partial charge in [0.1, 0.15) is 18.1 Å². The number of hydrogen-bond donors (Lipinski definition) is 1. The van der Waals surface area contributed by atoms with Crippen LogP contribution in [0.2, 0.25) is 0 Å². The number of nitrogens with one attached hydrogen (secondary N) is 1. The zero-order valence-electron chi connectivity index (χ0n) is 12.7. The van der Waals surface area contributed by atoms with Gasteiger partial charge in [0, 0.05) is 18.5 Å². The maximum absolute atomic E-state index is 5.80. The molecule has 1 aromatic carbocycles. The molecule has 0 spiro atoms. The van der Waals surface area contributed by atoms with Crippen molar-refractivity contribution in [1.29, 1.82) is 0 Å². The number of nitrogens with zero attached hydrogens (tertiary/aromatic N) is 2. The molecular weight excluding hydrogens is 290 g/mol. The van der Waals surface area contributed by atoms with Crippen LogP contribution < -0.4 is 5.32 Å². The molecule has 0 saturated carbocycles. The molecule has 0 aliphatic carbocycles. The van der Waals surface area contributed by atoms with Crippen molar-refractivity contribution in [3.8, 4) is 11.5 Å². The topological polar surface area (TPSA) is 60.2 Å². The van der Waals surface area contributed by atoms with Gasteiger partial charge in [0.25, 0.3) is 0 Å². The first-order valence-corrected chi connectivity index (χ1v) is 7.73. The maximum atomic E-state index is 5.80. The van der Waals surface area contributed by atoms with E-state index >= 15 is 0 Å². The third kappa shape index (κ3) is 3.24. The first-order valence-electron chi connectivity index (χ1n) is 7.73. The number of aryl methyl sites for hydroxylation is 1. The Kier molecular flexibility index (Phi) is 3.78. The first kappa shape index (κ1) is 14.0. The monoisotopic (exact) mass is 307 g/mol. The fraction of sp³-hybridized carbons (Fsp3) is 0.222. The summed E-state index contributed by atoms with van der Waals surface area (Å²) in [4.78, 5) is 8.81. The summed E-state index contributed by atoms with van der Waals surface area (Å²) in [6, 6.07) is 14.0. The van der Waals surface area contributed by atoms with Crippen molar-refractivity contribution in [2.75, 3.05) is 11.9 Å². The van der Waals surface area contributed by atoms with Crippen molar-refractivity contribution < 1.29 is 9.15 Å². The molecule has 2 aromatic heterocycles. The van der Waals surface area contributed by atoms with Crippen molar-refractivity contribution in [2.24, 2.45) is 0 Å². The first-order chi connectivity index (χ1) is 11.4. The molecule has 1 aliphatic rings. The van der Waals surface area contributed by atoms with Gasteiger partial charge in [-0.25, -0.2) is 9.97 Å². The van der Waals surface area contributed by atoms with E-state index in [1.165, 1.54) is 5.56 Å². The summed E-state index contributed by atoms with van der Waals surface area (Å²) < 4.78 is 11.5. The Morgan fingerprint density at radius 2 is 2.09 bits per heavy atom. The van der Waals surface area contributed by atoms with Gasteiger partial charge in [-0.2, -0.15) is 0 Å². The van der Waals surface area contributed by atoms with Gasteiger partial charge < -0.3 is 14.5 Å². The summed E-state index contributed by atoms with van der Waals surface area (Å²) in [6.45, 7) is 1.19. The van der Waals surface area contributed by atoms with E-state index in [-0.39, 0.29) is 0 Å². The molecule has 5 nitrogen and oxygen atoms in total. The van der Waals surface area contributed by atoms with Crippen LogP contribution in [0.25, 0.3) is 11.5 Å². The summed E-state index contributed by atoms with van der Waals surface area (Å²) in [5.74, 6) is 2.09. The number of benzene rings is 1. The van der Waals surface area contributed by atoms with Crippen LogP contribution in [0.15, 0.2) is 53.1 Å². The van der Waals surface area contributed by atoms with Gasteiger partial charge in [0.15, 0.2) is 5.76 Å². The highest BCUT2D eigenvalue weighted by molar-refractivity contribution is 5.58. The highest BCUT2D eigenvalue weighted by Gasteiger charge is 2.09. The molecule has 0 fully saturated rings. The van der Waals surface area contributed by atoms with E-state index in [0.717, 1.165) is 35.7 Å². The van der Waals surface area contributed by atoms with Crippen LogP contribution in [0, 0.1) is 0 Å². The Hall–Kier alpha value is -2.66. The molecule has 0 radical (unpaired) electrons. The van der Waals surface area contributed by atoms with Gasteiger partial charge in [-0.1, -0.05) is 12.1 Å². The maximum Gasteiger partial charge on any atom is 0.227 e. The van der Waals surface area contributed by atoms with Crippen molar-refractivity contribution in [3.63, 3.8) is 0 Å². The number of anilines is 2. The number of hydrogen-bond acceptors (Lipinski definition) is 5. The second-order valence-electron chi connectivity index (χ2n) is 5.51. The Bertz CT molecular complexity index is 813. The predicted molar refractivity (Wildman–Crippen MR) is 87.4 cm³/mol. The highest BCUT2D eigenvalue weighted by atomic mass is 16.5. The molecule has 5 heteroatoms. The molecule has 3 heterocycles. The molecule has 3 aromatic rings. The number of fused-ring (bicyclic) bond motifs is 7. The molecule has 0 saturated heterocycles. The summed E-state index contributed by atoms with van der Waals surface area (Å²) >= 11 is 0. The summed E-state index contributed by atoms with van der Waals surface area (Å²) in [7, 11) is 0. The third-order valence-corrected chi connectivity index (χ3v) is 3.75. The molecule has 6 bridgehead atoms. The molecule has 0 amide bonds. The Balaban J connectivity index is 1.71. The van der Waals surface area contributed by atoms with Gasteiger partial charge >= 0.3 is 0 Å². The second-order valence-corrected chi connectivity index (χ2v) is 5.51. The lowest BCUT2D eigenvalue weighted by Crippen LogP contribution is -1.99. The molecule has 0 atom stereocenters. The number of aromatic nitrogens is 2. The molecule has 116 valence electrons. The lowest BCUT2D eigenvalue weighted by molar-refractivity contribution is 0.105. The highest BCUT2D eigenvalue weighted by Crippen LogP contribution is 2.23. The van der Waals surface area contributed by atoms with Crippen LogP contribution in [-0.2, 0) is 17.8 Å². The van der Waals surface area contributed by atoms with Crippen LogP contribution in [0.4, 0.5) is 11.6 Å². The standard InChI is InChI=1S/C18H17N3O2/c1-3-13-4-2-10-22-12-15-6-7-17(23-15)16-8-9-19-18(21-16)20-14(5-1)11-13/h1,3,5-9,11H,2,4,10,12H2,(H,19,20,21). The molecule has 0 unspecified atom stereocenters. The van der Waals surface area contributed by atoms with Gasteiger partial charge in [-0.3, -0.25) is 0 Å². The van der Waals surface area contributed by atoms with Crippen molar-refractivity contribution >= 4 is 11.6 Å². The van der Waals surface area contributed by atoms with Gasteiger partial charge in [0.2, 0.25) is 5.95 Å². The average Bonchev–Trinajstić information content (AvgIpc) is 3.03. The van der Waals surface area contributed by atoms with E-state index in [1.807, 2.05) is 30.3 Å². The number of ether oxygens (including phenoxy) is 1. The van der Waals surface area contributed by atoms with Crippen LogP contribution >= 0.6 is 0 Å². The van der Waals surface area contributed by atoms with Gasteiger partial charge in [-0.15, -0.1) is 0 Å². The van der Waals surface area contributed by atoms with Crippen LogP contribution in [0.1, 0.15) is 17.7 Å². The second kappa shape index (κ2) is 6.22. The fourth-order valence-corrected chi connectivity index (χ4v) is 2.63. The normalized spacial score (nSPS) is 14.4. The fourth-order valence-electron chi connectivity index (χ4n) is 2.63. The smallest absolute Gasteiger partial charge is 0.227 e. The Labute approximate surface area is 134 Å². The minimum atomic E-state index is 0.482. The summed E-state index contributed by atoms with van der Waals surface area (Å²) in [5, 5.41) is 3.26. The predicted octanol–water partition coefficient (Wildman–Crippen LogP) is 3.94. The summed E-state index contributed by atoms with van der Waals surface area (Å²) in [5.41, 5.74) is 3.00. The van der Waals surface area contributed by atoms with Gasteiger partial charge in [-0.05, 0) is 48.7 Å². The molecular formula is C18H17N3O2. The Morgan fingerprint density at radius 1 is 1.09 bits per heavy atom. The van der Waals surface area contributed by atoms with E-state index in [0.29, 0.717) is 19.2 Å². The lowest BCUT2D eigenvalue weighted by atomic mass is 10.1. The van der Waals surface area contributed by atoms with E-state index in [4.69, 9.17) is 9.15 Å². The van der Waals surface area contributed by atoms with Crippen LogP contribution in [-0.4, -0.2) is 16.6 Å². The van der Waals surface area contributed by atoms with Crippen molar-refractivity contribution in [3.05, 3.63) is 60.0 Å². The van der Waals surface area contributed by atoms with Crippen molar-refractivity contribution in [1.82, 2.24) is 9.97 Å². The number of furan rings is 1. The van der Waals surface area contributed by atoms with Crippen LogP contribution in [0.5, 0.6) is 0 Å². The molecule has 1 N–H and O–H groups in total. The zero-order valence-corrected chi connectivity index (χ0v) is 12.7. The summed E-state index contributed by atoms with van der Waals surface area (Å²) in [6.07, 6.45) is 3.67. The van der Waals surface area contributed by atoms with Crippen LogP contribution in [0.3, 0.4) is 0 Å². The van der Waals surface area contributed by atoms with E-state index < -0.39 is 0 Å². The lowest BCUT2D eigenvalue weighted by Gasteiger charge is -2.08. The van der Waals surface area contributed by atoms with Crippen molar-refractivity contribution in [2.45, 2.75) is 19.4 Å². The zero-order chi connectivity index (χ0) is 15.5. The third-order valence-electron chi connectivity index (χ3n) is 3.75. The van der Waals surface area contributed by atoms with E-state index in [2.05, 4.69) is 27.4 Å².